The number of aryl methyl sites for hydroxylation is 2. The highest BCUT2D eigenvalue weighted by atomic mass is 19.2. The van der Waals surface area contributed by atoms with E-state index in [-0.39, 0.29) is 81.4 Å². The first-order chi connectivity index (χ1) is 33.9. The predicted octanol–water partition coefficient (Wildman–Crippen LogP) is 2.67. The number of carbonyl (C=O) groups excluding carboxylic acids is 5. The van der Waals surface area contributed by atoms with E-state index in [0.29, 0.717) is 41.0 Å². The number of amides is 5. The third kappa shape index (κ3) is 12.7. The number of nitriles is 1. The van der Waals surface area contributed by atoms with Crippen LogP contribution in [0, 0.1) is 48.4 Å². The Morgan fingerprint density at radius 3 is 2.04 bits per heavy atom. The van der Waals surface area contributed by atoms with Crippen LogP contribution in [0.3, 0.4) is 0 Å². The Morgan fingerprint density at radius 1 is 0.859 bits per heavy atom. The third-order valence-electron chi connectivity index (χ3n) is 11.3. The Labute approximate surface area is 407 Å². The quantitative estimate of drug-likeness (QED) is 0.0308. The lowest BCUT2D eigenvalue weighted by molar-refractivity contribution is -0.141. The van der Waals surface area contributed by atoms with E-state index in [9.17, 15) is 24.0 Å². The minimum atomic E-state index is -1.82. The molecule has 0 aliphatic carbocycles. The van der Waals surface area contributed by atoms with E-state index < -0.39 is 94.1 Å². The van der Waals surface area contributed by atoms with E-state index >= 15 is 17.6 Å². The second-order valence-electron chi connectivity index (χ2n) is 16.4. The standard InChI is InChI=1S/C48H57F4N11O8/c1-6-7-18-71-42-39(51)37(49)36(38(50)40(42)52)43-58-24(2)35(25(3)59-43)46(66)61-31(12-13-53)48(68)63(5)41-28-9-11-34(70-20-16-56)30(23-28)29-21-27(8-10-33(29)69-19-15-55)22-32(45(65)57-17-14-54)62-44(64)26(4)60-47(41)67/h8-11,21,23,26,31-32,41H,6-7,12-13,15-20,22,53,55-56H2,1-5H3,(H,57,65)(H,60,67)(H,61,66)(H,62,64)/t26-,31-,32-,41-/m0/s1. The van der Waals surface area contributed by atoms with Gasteiger partial charge in [0.2, 0.25) is 35.3 Å². The predicted molar refractivity (Wildman–Crippen MR) is 250 cm³/mol. The van der Waals surface area contributed by atoms with Gasteiger partial charge in [0.05, 0.1) is 35.2 Å². The maximum atomic E-state index is 15.4. The van der Waals surface area contributed by atoms with Crippen molar-refractivity contribution in [3.63, 3.8) is 0 Å². The van der Waals surface area contributed by atoms with Crippen molar-refractivity contribution in [1.82, 2.24) is 36.1 Å². The zero-order chi connectivity index (χ0) is 52.1. The summed E-state index contributed by atoms with van der Waals surface area (Å²) in [5, 5.41) is 19.5. The zero-order valence-electron chi connectivity index (χ0n) is 39.9. The van der Waals surface area contributed by atoms with Gasteiger partial charge in [0, 0.05) is 37.7 Å². The van der Waals surface area contributed by atoms with Crippen LogP contribution < -0.4 is 52.7 Å². The van der Waals surface area contributed by atoms with Gasteiger partial charge in [-0.1, -0.05) is 25.5 Å². The molecule has 23 heteroatoms. The van der Waals surface area contributed by atoms with Crippen LogP contribution in [-0.2, 0) is 25.6 Å². The molecular formula is C48H57F4N11O8. The second-order valence-corrected chi connectivity index (χ2v) is 16.4. The van der Waals surface area contributed by atoms with Gasteiger partial charge in [0.1, 0.15) is 55.4 Å². The Kier molecular flexibility index (Phi) is 19.1. The molecule has 0 unspecified atom stereocenters. The molecule has 0 radical (unpaired) electrons. The van der Waals surface area contributed by atoms with Crippen molar-refractivity contribution in [2.75, 3.05) is 53.0 Å². The summed E-state index contributed by atoms with van der Waals surface area (Å²) in [6.45, 7) is 5.40. The number of rotatable bonds is 19. The van der Waals surface area contributed by atoms with Crippen molar-refractivity contribution in [2.45, 2.75) is 77.5 Å². The van der Waals surface area contributed by atoms with Gasteiger partial charge < -0.3 is 57.6 Å². The number of unbranched alkanes of at least 4 members (excludes halogenated alkanes) is 1. The van der Waals surface area contributed by atoms with E-state index in [1.54, 1.807) is 37.3 Å². The minimum absolute atomic E-state index is 0.0596. The molecule has 19 nitrogen and oxygen atoms in total. The Hall–Kier alpha value is -7.42. The summed E-state index contributed by atoms with van der Waals surface area (Å²) in [6.07, 6.45) is 0.687. The molecule has 4 aromatic rings. The second kappa shape index (κ2) is 24.9. The van der Waals surface area contributed by atoms with Crippen molar-refractivity contribution in [3.05, 3.63) is 87.7 Å². The number of halogens is 4. The number of aromatic nitrogens is 2. The summed E-state index contributed by atoms with van der Waals surface area (Å²) in [5.41, 5.74) is 17.2. The molecule has 10 N–H and O–H groups in total. The fourth-order valence-electron chi connectivity index (χ4n) is 7.77. The molecule has 0 spiro atoms. The number of nitrogens with two attached hydrogens (primary N) is 3. The van der Waals surface area contributed by atoms with Gasteiger partial charge in [0.25, 0.3) is 5.91 Å². The number of fused-ring (bicyclic) bond motifs is 5. The maximum Gasteiger partial charge on any atom is 0.255 e. The first kappa shape index (κ1) is 54.5. The average Bonchev–Trinajstić information content (AvgIpc) is 3.34. The first-order valence-electron chi connectivity index (χ1n) is 22.7. The first-order valence-corrected chi connectivity index (χ1v) is 22.7. The Bertz CT molecular complexity index is 2640. The molecule has 1 aliphatic heterocycles. The lowest BCUT2D eigenvalue weighted by Gasteiger charge is -2.32. The van der Waals surface area contributed by atoms with Crippen molar-refractivity contribution in [3.8, 4) is 45.8 Å². The number of nitrogens with one attached hydrogen (secondary N) is 4. The van der Waals surface area contributed by atoms with Crippen LogP contribution in [0.5, 0.6) is 17.2 Å². The van der Waals surface area contributed by atoms with E-state index in [2.05, 4.69) is 31.2 Å². The third-order valence-corrected chi connectivity index (χ3v) is 11.3. The molecule has 4 bridgehead atoms. The summed E-state index contributed by atoms with van der Waals surface area (Å²) in [7, 11) is 1.29. The normalized spacial score (nSPS) is 16.1. The molecule has 71 heavy (non-hydrogen) atoms. The maximum absolute atomic E-state index is 15.4. The number of nitrogens with zero attached hydrogens (tertiary/aromatic N) is 4. The van der Waals surface area contributed by atoms with Crippen LogP contribution in [-0.4, -0.2) is 116 Å². The molecule has 1 aromatic heterocycles. The molecular weight excluding hydrogens is 935 g/mol. The van der Waals surface area contributed by atoms with Crippen LogP contribution in [0.15, 0.2) is 36.4 Å². The fourth-order valence-corrected chi connectivity index (χ4v) is 7.77. The molecule has 0 saturated carbocycles. The highest BCUT2D eigenvalue weighted by Gasteiger charge is 2.37. The SMILES string of the molecule is CCCCOc1c(F)c(F)c(-c2nc(C)c(C(=O)N[C@@H](CCN)C(=O)N(C)[C@@H]3C(=O)N[C@@H](C)C(=O)N[C@H](C(=O)NCC#N)Cc4ccc(OCCN)c(c4)-c4cc3ccc4OCCN)c(C)n2)c(F)c1F. The van der Waals surface area contributed by atoms with E-state index in [1.165, 1.54) is 33.9 Å². The molecule has 5 rings (SSSR count). The number of ether oxygens (including phenoxy) is 3. The molecule has 3 aromatic carbocycles. The summed E-state index contributed by atoms with van der Waals surface area (Å²) < 4.78 is 78.0. The van der Waals surface area contributed by atoms with E-state index in [4.69, 9.17) is 36.7 Å². The molecule has 1 aliphatic rings. The van der Waals surface area contributed by atoms with Crippen molar-refractivity contribution < 1.29 is 55.7 Å². The summed E-state index contributed by atoms with van der Waals surface area (Å²) in [5.74, 6) is -12.8. The molecule has 4 atom stereocenters. The monoisotopic (exact) mass is 991 g/mol. The van der Waals surface area contributed by atoms with Crippen molar-refractivity contribution in [1.29, 1.82) is 5.26 Å². The van der Waals surface area contributed by atoms with Gasteiger partial charge in [-0.3, -0.25) is 24.0 Å². The molecule has 0 saturated heterocycles. The smallest absolute Gasteiger partial charge is 0.255 e. The molecule has 0 fully saturated rings. The van der Waals surface area contributed by atoms with Gasteiger partial charge in [-0.2, -0.15) is 14.0 Å². The molecule has 380 valence electrons. The lowest BCUT2D eigenvalue weighted by atomic mass is 9.93. The highest BCUT2D eigenvalue weighted by molar-refractivity contribution is 6.00. The number of hydrogen-bond donors (Lipinski definition) is 7. The average molecular weight is 992 g/mol. The van der Waals surface area contributed by atoms with Gasteiger partial charge in [-0.15, -0.1) is 0 Å². The van der Waals surface area contributed by atoms with Crippen LogP contribution in [0.2, 0.25) is 0 Å². The molecule has 2 heterocycles. The van der Waals surface area contributed by atoms with Crippen LogP contribution in [0.25, 0.3) is 22.5 Å². The van der Waals surface area contributed by atoms with Crippen molar-refractivity contribution in [2.24, 2.45) is 17.2 Å². The number of benzene rings is 3. The molecule has 5 amide bonds. The number of carbonyl (C=O) groups is 5. The summed E-state index contributed by atoms with van der Waals surface area (Å²) in [6, 6.07) is 5.97. The van der Waals surface area contributed by atoms with Gasteiger partial charge in [-0.05, 0) is 75.5 Å². The van der Waals surface area contributed by atoms with Gasteiger partial charge in [0.15, 0.2) is 23.2 Å². The Balaban J connectivity index is 1.57. The highest BCUT2D eigenvalue weighted by Crippen LogP contribution is 2.41. The van der Waals surface area contributed by atoms with Crippen LogP contribution in [0.1, 0.15) is 72.0 Å². The fraction of sp³-hybridized carbons (Fsp3) is 0.417. The zero-order valence-corrected chi connectivity index (χ0v) is 39.9. The van der Waals surface area contributed by atoms with E-state index in [1.807, 2.05) is 6.07 Å². The minimum Gasteiger partial charge on any atom is -0.492 e. The van der Waals surface area contributed by atoms with Gasteiger partial charge >= 0.3 is 0 Å². The lowest BCUT2D eigenvalue weighted by Crippen LogP contribution is -2.56. The van der Waals surface area contributed by atoms with Crippen LogP contribution in [0.4, 0.5) is 17.6 Å². The Morgan fingerprint density at radius 2 is 1.46 bits per heavy atom. The number of hydrogen-bond acceptors (Lipinski definition) is 14. The van der Waals surface area contributed by atoms with E-state index in [0.717, 1.165) is 4.90 Å². The largest absolute Gasteiger partial charge is 0.492 e. The topological polar surface area (TPSA) is 292 Å². The summed E-state index contributed by atoms with van der Waals surface area (Å²) in [4.78, 5) is 79.6. The van der Waals surface area contributed by atoms with Crippen molar-refractivity contribution >= 4 is 29.5 Å². The number of likely N-dealkylation sites (N-methyl/N-ethyl adjacent to an activating group) is 1. The summed E-state index contributed by atoms with van der Waals surface area (Å²) >= 11 is 0. The van der Waals surface area contributed by atoms with Gasteiger partial charge in [-0.25, -0.2) is 18.7 Å². The van der Waals surface area contributed by atoms with Crippen LogP contribution >= 0.6 is 0 Å².